The van der Waals surface area contributed by atoms with E-state index in [1.54, 1.807) is 4.90 Å². The Labute approximate surface area is 225 Å². The van der Waals surface area contributed by atoms with Gasteiger partial charge in [0.15, 0.2) is 0 Å². The third-order valence-corrected chi connectivity index (χ3v) is 6.86. The first-order valence-corrected chi connectivity index (χ1v) is 12.4. The number of fused-ring (bicyclic) bond motifs is 1. The Kier molecular flexibility index (Phi) is 7.03. The highest BCUT2D eigenvalue weighted by Gasteiger charge is 2.39. The number of nitrogens with one attached hydrogen (secondary N) is 1. The Morgan fingerprint density at radius 2 is 1.62 bits per heavy atom. The third-order valence-electron chi connectivity index (χ3n) is 6.86. The van der Waals surface area contributed by atoms with Gasteiger partial charge in [0.05, 0.1) is 22.9 Å². The fraction of sp³-hybridized carbons (Fsp3) is 0.250. The zero-order valence-corrected chi connectivity index (χ0v) is 21.2. The van der Waals surface area contributed by atoms with Crippen molar-refractivity contribution in [1.29, 1.82) is 0 Å². The lowest BCUT2D eigenvalue weighted by Gasteiger charge is -2.33. The van der Waals surface area contributed by atoms with Gasteiger partial charge in [0.25, 0.3) is 0 Å². The van der Waals surface area contributed by atoms with Crippen LogP contribution in [0, 0.1) is 6.92 Å². The van der Waals surface area contributed by atoms with E-state index in [9.17, 15) is 26.3 Å². The molecule has 5 rings (SSSR count). The Hall–Kier alpha value is -4.35. The highest BCUT2D eigenvalue weighted by Crippen LogP contribution is 2.41. The van der Waals surface area contributed by atoms with E-state index in [2.05, 4.69) is 20.3 Å². The molecule has 12 heteroatoms. The van der Waals surface area contributed by atoms with Crippen LogP contribution in [0.25, 0.3) is 0 Å². The summed E-state index contributed by atoms with van der Waals surface area (Å²) in [7, 11) is 0. The van der Waals surface area contributed by atoms with Crippen molar-refractivity contribution in [2.45, 2.75) is 38.2 Å². The predicted molar refractivity (Wildman–Crippen MR) is 139 cm³/mol. The molecule has 1 aliphatic heterocycles. The minimum atomic E-state index is -4.63. The lowest BCUT2D eigenvalue weighted by molar-refractivity contribution is -0.138. The molecule has 0 bridgehead atoms. The van der Waals surface area contributed by atoms with E-state index in [0.717, 1.165) is 29.3 Å². The number of hydrogen-bond acceptors (Lipinski definition) is 6. The second-order valence-electron chi connectivity index (χ2n) is 9.45. The molecule has 4 aromatic rings. The van der Waals surface area contributed by atoms with Gasteiger partial charge in [-0.15, -0.1) is 0 Å². The number of nitrogen functional groups attached to an aromatic ring is 1. The molecule has 0 fully saturated rings. The van der Waals surface area contributed by atoms with Gasteiger partial charge in [-0.1, -0.05) is 24.3 Å². The third kappa shape index (κ3) is 5.51. The fourth-order valence-electron chi connectivity index (χ4n) is 4.98. The first-order chi connectivity index (χ1) is 18.9. The average molecular weight is 559 g/mol. The van der Waals surface area contributed by atoms with Gasteiger partial charge in [-0.25, -0.2) is 9.97 Å². The molecule has 0 radical (unpaired) electrons. The second-order valence-corrected chi connectivity index (χ2v) is 9.45. The number of nitrogens with two attached hydrogens (primary N) is 1. The van der Waals surface area contributed by atoms with Crippen molar-refractivity contribution >= 4 is 23.3 Å². The van der Waals surface area contributed by atoms with Crippen molar-refractivity contribution in [3.05, 3.63) is 100 Å². The number of nitrogens with zero attached hydrogens (tertiary/aromatic N) is 4. The number of alkyl halides is 6. The topological polar surface area (TPSA) is 80.0 Å². The van der Waals surface area contributed by atoms with Crippen LogP contribution in [0.2, 0.25) is 0 Å². The molecular weight excluding hydrogens is 534 g/mol. The number of benzene rings is 2. The number of hydrogen-bond donors (Lipinski definition) is 2. The molecule has 0 spiro atoms. The van der Waals surface area contributed by atoms with Crippen molar-refractivity contribution in [1.82, 2.24) is 15.0 Å². The number of anilines is 4. The van der Waals surface area contributed by atoms with E-state index in [-0.39, 0.29) is 37.0 Å². The summed E-state index contributed by atoms with van der Waals surface area (Å²) in [5.74, 6) is 0.0120. The number of pyridine rings is 1. The Bertz CT molecular complexity index is 1520. The van der Waals surface area contributed by atoms with Crippen LogP contribution >= 0.6 is 0 Å². The smallest absolute Gasteiger partial charge is 0.368 e. The zero-order valence-electron chi connectivity index (χ0n) is 21.2. The van der Waals surface area contributed by atoms with Crippen molar-refractivity contribution < 1.29 is 26.3 Å². The molecule has 2 aromatic carbocycles. The maximum Gasteiger partial charge on any atom is 0.419 e. The number of rotatable bonds is 4. The van der Waals surface area contributed by atoms with Crippen molar-refractivity contribution in [3.8, 4) is 0 Å². The first kappa shape index (κ1) is 27.2. The molecule has 0 aliphatic carbocycles. The van der Waals surface area contributed by atoms with Crippen LogP contribution in [-0.4, -0.2) is 21.5 Å². The van der Waals surface area contributed by atoms with Crippen LogP contribution in [0.1, 0.15) is 39.6 Å². The average Bonchev–Trinajstić information content (AvgIpc) is 3.08. The summed E-state index contributed by atoms with van der Waals surface area (Å²) < 4.78 is 81.2. The number of aromatic nitrogens is 3. The largest absolute Gasteiger partial charge is 0.419 e. The quantitative estimate of drug-likeness (QED) is 0.266. The summed E-state index contributed by atoms with van der Waals surface area (Å²) in [6.07, 6.45) is -7.35. The molecule has 208 valence electrons. The van der Waals surface area contributed by atoms with Crippen LogP contribution in [-0.2, 0) is 25.2 Å². The summed E-state index contributed by atoms with van der Waals surface area (Å²) in [5.41, 5.74) is 7.55. The molecule has 1 aliphatic rings. The zero-order chi connectivity index (χ0) is 28.7. The van der Waals surface area contributed by atoms with Gasteiger partial charge in [-0.3, -0.25) is 0 Å². The molecular formula is C28H24F6N6. The molecule has 40 heavy (non-hydrogen) atoms. The standard InChI is InChI=1S/C28H24F6N6/c1-16-5-2-3-6-19(16)23-15-22-20(12-14-40(23)25-21(28(32,33)34)7-4-13-36-25)24(39-26(35)38-22)37-18-10-8-17(9-11-18)27(29,30)31/h2-11,13,23H,12,14-15H2,1H3,(H3,35,37,38,39). The van der Waals surface area contributed by atoms with Crippen molar-refractivity contribution in [2.24, 2.45) is 0 Å². The molecule has 1 unspecified atom stereocenters. The number of halogens is 6. The molecule has 3 heterocycles. The van der Waals surface area contributed by atoms with E-state index < -0.39 is 29.5 Å². The number of aryl methyl sites for hydroxylation is 1. The SMILES string of the molecule is Cc1ccccc1C1Cc2nc(N)nc(Nc3ccc(C(F)(F)F)cc3)c2CCN1c1ncccc1C(F)(F)F. The maximum absolute atomic E-state index is 14.1. The molecule has 2 aromatic heterocycles. The minimum absolute atomic E-state index is 0.0704. The Balaban J connectivity index is 1.59. The highest BCUT2D eigenvalue weighted by molar-refractivity contribution is 5.63. The van der Waals surface area contributed by atoms with Crippen LogP contribution in [0.4, 0.5) is 49.6 Å². The monoisotopic (exact) mass is 558 g/mol. The van der Waals surface area contributed by atoms with Crippen LogP contribution in [0.3, 0.4) is 0 Å². The Morgan fingerprint density at radius 1 is 0.900 bits per heavy atom. The van der Waals surface area contributed by atoms with Gasteiger partial charge in [-0.2, -0.15) is 31.3 Å². The first-order valence-electron chi connectivity index (χ1n) is 12.4. The molecule has 0 saturated carbocycles. The molecule has 0 amide bonds. The molecule has 1 atom stereocenters. The van der Waals surface area contributed by atoms with E-state index in [0.29, 0.717) is 16.9 Å². The summed E-state index contributed by atoms with van der Waals surface area (Å²) in [5, 5.41) is 3.02. The van der Waals surface area contributed by atoms with E-state index in [4.69, 9.17) is 5.73 Å². The van der Waals surface area contributed by atoms with Crippen LogP contribution < -0.4 is 16.0 Å². The van der Waals surface area contributed by atoms with Gasteiger partial charge >= 0.3 is 12.4 Å². The van der Waals surface area contributed by atoms with Crippen LogP contribution in [0.15, 0.2) is 66.9 Å². The molecule has 0 saturated heterocycles. The summed E-state index contributed by atoms with van der Waals surface area (Å²) in [6.45, 7) is 2.02. The van der Waals surface area contributed by atoms with Crippen molar-refractivity contribution in [2.75, 3.05) is 22.5 Å². The van der Waals surface area contributed by atoms with E-state index >= 15 is 0 Å². The second kappa shape index (κ2) is 10.3. The van der Waals surface area contributed by atoms with Gasteiger partial charge < -0.3 is 16.0 Å². The highest BCUT2D eigenvalue weighted by atomic mass is 19.4. The predicted octanol–water partition coefficient (Wildman–Crippen LogP) is 6.89. The lowest BCUT2D eigenvalue weighted by Crippen LogP contribution is -2.33. The fourth-order valence-corrected chi connectivity index (χ4v) is 4.98. The summed E-state index contributed by atoms with van der Waals surface area (Å²) in [6, 6.07) is 13.5. The van der Waals surface area contributed by atoms with E-state index in [1.165, 1.54) is 24.4 Å². The van der Waals surface area contributed by atoms with Gasteiger partial charge in [0.2, 0.25) is 5.95 Å². The van der Waals surface area contributed by atoms with Gasteiger partial charge in [0, 0.05) is 30.4 Å². The Morgan fingerprint density at radius 3 is 2.30 bits per heavy atom. The van der Waals surface area contributed by atoms with Gasteiger partial charge in [0.1, 0.15) is 11.6 Å². The van der Waals surface area contributed by atoms with Crippen LogP contribution in [0.5, 0.6) is 0 Å². The van der Waals surface area contributed by atoms with Crippen molar-refractivity contribution in [3.63, 3.8) is 0 Å². The van der Waals surface area contributed by atoms with Gasteiger partial charge in [-0.05, 0) is 60.9 Å². The summed E-state index contributed by atoms with van der Waals surface area (Å²) >= 11 is 0. The normalized spacial score (nSPS) is 15.9. The van der Waals surface area contributed by atoms with E-state index in [1.807, 2.05) is 31.2 Å². The molecule has 3 N–H and O–H groups in total. The minimum Gasteiger partial charge on any atom is -0.368 e. The molecule has 6 nitrogen and oxygen atoms in total. The maximum atomic E-state index is 14.1. The summed E-state index contributed by atoms with van der Waals surface area (Å²) in [4.78, 5) is 14.5. The lowest BCUT2D eigenvalue weighted by atomic mass is 9.95.